The number of aromatic carboxylic acids is 1. The summed E-state index contributed by atoms with van der Waals surface area (Å²) in [7, 11) is 1.54. The van der Waals surface area contributed by atoms with E-state index in [0.717, 1.165) is 10.0 Å². The second kappa shape index (κ2) is 6.03. The number of carbonyl (C=O) groups is 1. The molecule has 0 unspecified atom stereocenters. The number of hydrogen-bond donors (Lipinski definition) is 1. The number of halogens is 2. The zero-order chi connectivity index (χ0) is 15.7. The van der Waals surface area contributed by atoms with Crippen LogP contribution in [0.3, 0.4) is 0 Å². The summed E-state index contributed by atoms with van der Waals surface area (Å²) >= 11 is 9.50. The van der Waals surface area contributed by atoms with Crippen molar-refractivity contribution in [2.45, 2.75) is 13.3 Å². The van der Waals surface area contributed by atoms with Crippen molar-refractivity contribution in [2.24, 2.45) is 7.05 Å². The number of benzene rings is 1. The first-order valence-corrected chi connectivity index (χ1v) is 7.34. The number of carboxylic acid groups (broad SMARTS) is 1. The molecule has 0 aliphatic carbocycles. The Labute approximate surface area is 135 Å². The minimum absolute atomic E-state index is 0.119. The molecule has 1 heterocycles. The first kappa shape index (κ1) is 15.8. The van der Waals surface area contributed by atoms with Crippen LogP contribution in [0, 0.1) is 6.92 Å². The first-order chi connectivity index (χ1) is 9.81. The predicted octanol–water partition coefficient (Wildman–Crippen LogP) is 3.40. The number of aromatic nitrogens is 1. The number of carboxylic acids is 1. The molecule has 0 bridgehead atoms. The van der Waals surface area contributed by atoms with Gasteiger partial charge in [-0.2, -0.15) is 0 Å². The fourth-order valence-corrected chi connectivity index (χ4v) is 2.93. The number of pyridine rings is 1. The van der Waals surface area contributed by atoms with Crippen LogP contribution in [0.1, 0.15) is 27.0 Å². The SMILES string of the molecule is Cc1c(Cc2ccc(Br)cc2Cl)c(C(=O)O)cn(C)c1=O. The highest BCUT2D eigenvalue weighted by molar-refractivity contribution is 9.10. The zero-order valence-corrected chi connectivity index (χ0v) is 13.8. The van der Waals surface area contributed by atoms with Gasteiger partial charge in [0.2, 0.25) is 0 Å². The summed E-state index contributed by atoms with van der Waals surface area (Å²) in [4.78, 5) is 23.4. The van der Waals surface area contributed by atoms with Crippen LogP contribution in [0.5, 0.6) is 0 Å². The second-order valence-electron chi connectivity index (χ2n) is 4.78. The van der Waals surface area contributed by atoms with Gasteiger partial charge in [-0.1, -0.05) is 33.6 Å². The van der Waals surface area contributed by atoms with Gasteiger partial charge in [0.15, 0.2) is 0 Å². The molecule has 21 heavy (non-hydrogen) atoms. The highest BCUT2D eigenvalue weighted by atomic mass is 79.9. The van der Waals surface area contributed by atoms with E-state index in [4.69, 9.17) is 11.6 Å². The van der Waals surface area contributed by atoms with Crippen molar-refractivity contribution in [2.75, 3.05) is 0 Å². The van der Waals surface area contributed by atoms with Gasteiger partial charge >= 0.3 is 5.97 Å². The van der Waals surface area contributed by atoms with Crippen LogP contribution >= 0.6 is 27.5 Å². The third-order valence-corrected chi connectivity index (χ3v) is 4.20. The van der Waals surface area contributed by atoms with Gasteiger partial charge in [0.1, 0.15) is 0 Å². The first-order valence-electron chi connectivity index (χ1n) is 6.17. The fraction of sp³-hybridized carbons (Fsp3) is 0.200. The van der Waals surface area contributed by atoms with E-state index in [1.165, 1.54) is 17.8 Å². The molecule has 0 aliphatic rings. The molecule has 2 rings (SSSR count). The molecular formula is C15H13BrClNO3. The Hall–Kier alpha value is -1.59. The maximum absolute atomic E-state index is 12.0. The standard InChI is InChI=1S/C15H13BrClNO3/c1-8-11(5-9-3-4-10(16)6-13(9)17)12(15(20)21)7-18(2)14(8)19/h3-4,6-7H,5H2,1-2H3,(H,20,21). The predicted molar refractivity (Wildman–Crippen MR) is 85.3 cm³/mol. The maximum Gasteiger partial charge on any atom is 0.337 e. The molecule has 110 valence electrons. The van der Waals surface area contributed by atoms with Crippen molar-refractivity contribution in [3.05, 3.63) is 66.5 Å². The summed E-state index contributed by atoms with van der Waals surface area (Å²) in [5.74, 6) is -1.06. The van der Waals surface area contributed by atoms with Crippen LogP contribution in [-0.2, 0) is 13.5 Å². The Bertz CT molecular complexity index is 783. The molecule has 0 saturated heterocycles. The van der Waals surface area contributed by atoms with Crippen LogP contribution < -0.4 is 5.56 Å². The van der Waals surface area contributed by atoms with E-state index in [-0.39, 0.29) is 11.1 Å². The summed E-state index contributed by atoms with van der Waals surface area (Å²) in [6.45, 7) is 1.64. The average Bonchev–Trinajstić information content (AvgIpc) is 2.41. The largest absolute Gasteiger partial charge is 0.478 e. The molecule has 2 aromatic rings. The monoisotopic (exact) mass is 369 g/mol. The van der Waals surface area contributed by atoms with Crippen LogP contribution in [0.15, 0.2) is 33.7 Å². The molecule has 0 aliphatic heterocycles. The van der Waals surface area contributed by atoms with E-state index in [9.17, 15) is 14.7 Å². The quantitative estimate of drug-likeness (QED) is 0.901. The molecule has 0 amide bonds. The van der Waals surface area contributed by atoms with Crippen LogP contribution in [0.4, 0.5) is 0 Å². The van der Waals surface area contributed by atoms with Gasteiger partial charge < -0.3 is 9.67 Å². The third kappa shape index (κ3) is 3.19. The molecule has 0 saturated carbocycles. The molecule has 1 aromatic heterocycles. The topological polar surface area (TPSA) is 59.3 Å². The van der Waals surface area contributed by atoms with Gasteiger partial charge in [0.05, 0.1) is 5.56 Å². The van der Waals surface area contributed by atoms with Crippen molar-refractivity contribution in [1.82, 2.24) is 4.57 Å². The molecular weight excluding hydrogens is 358 g/mol. The van der Waals surface area contributed by atoms with Gasteiger partial charge in [0, 0.05) is 34.7 Å². The Morgan fingerprint density at radius 2 is 2.10 bits per heavy atom. The van der Waals surface area contributed by atoms with Gasteiger partial charge in [0.25, 0.3) is 5.56 Å². The Kier molecular flexibility index (Phi) is 4.54. The highest BCUT2D eigenvalue weighted by Gasteiger charge is 2.17. The van der Waals surface area contributed by atoms with E-state index in [0.29, 0.717) is 22.6 Å². The third-order valence-electron chi connectivity index (χ3n) is 3.35. The molecule has 0 spiro atoms. The molecule has 6 heteroatoms. The van der Waals surface area contributed by atoms with Crippen molar-refractivity contribution >= 4 is 33.5 Å². The Morgan fingerprint density at radius 1 is 1.43 bits per heavy atom. The second-order valence-corrected chi connectivity index (χ2v) is 6.10. The van der Waals surface area contributed by atoms with Gasteiger partial charge in [-0.25, -0.2) is 4.79 Å². The number of hydrogen-bond acceptors (Lipinski definition) is 2. The molecule has 1 aromatic carbocycles. The molecule has 1 N–H and O–H groups in total. The van der Waals surface area contributed by atoms with Crippen molar-refractivity contribution in [1.29, 1.82) is 0 Å². The van der Waals surface area contributed by atoms with E-state index < -0.39 is 5.97 Å². The lowest BCUT2D eigenvalue weighted by atomic mass is 9.97. The number of rotatable bonds is 3. The summed E-state index contributed by atoms with van der Waals surface area (Å²) < 4.78 is 2.13. The smallest absolute Gasteiger partial charge is 0.337 e. The molecule has 0 radical (unpaired) electrons. The normalized spacial score (nSPS) is 10.7. The summed E-state index contributed by atoms with van der Waals surface area (Å²) in [5.41, 5.74) is 1.61. The van der Waals surface area contributed by atoms with Gasteiger partial charge in [-0.15, -0.1) is 0 Å². The average molecular weight is 371 g/mol. The van der Waals surface area contributed by atoms with Crippen LogP contribution in [0.25, 0.3) is 0 Å². The number of aryl methyl sites for hydroxylation is 1. The van der Waals surface area contributed by atoms with E-state index in [2.05, 4.69) is 15.9 Å². The van der Waals surface area contributed by atoms with E-state index in [1.807, 2.05) is 12.1 Å². The van der Waals surface area contributed by atoms with Gasteiger partial charge in [-0.3, -0.25) is 4.79 Å². The zero-order valence-electron chi connectivity index (χ0n) is 11.5. The lowest BCUT2D eigenvalue weighted by Crippen LogP contribution is -2.24. The Morgan fingerprint density at radius 3 is 2.67 bits per heavy atom. The Balaban J connectivity index is 2.60. The van der Waals surface area contributed by atoms with Crippen molar-refractivity contribution in [3.8, 4) is 0 Å². The summed E-state index contributed by atoms with van der Waals surface area (Å²) in [6.07, 6.45) is 1.65. The van der Waals surface area contributed by atoms with Crippen molar-refractivity contribution < 1.29 is 9.90 Å². The lowest BCUT2D eigenvalue weighted by Gasteiger charge is -2.13. The summed E-state index contributed by atoms with van der Waals surface area (Å²) in [5, 5.41) is 9.87. The maximum atomic E-state index is 12.0. The molecule has 0 fully saturated rings. The molecule has 0 atom stereocenters. The minimum atomic E-state index is -1.06. The van der Waals surface area contributed by atoms with E-state index in [1.54, 1.807) is 13.0 Å². The fourth-order valence-electron chi connectivity index (χ4n) is 2.19. The number of nitrogens with zero attached hydrogens (tertiary/aromatic N) is 1. The minimum Gasteiger partial charge on any atom is -0.478 e. The van der Waals surface area contributed by atoms with Crippen LogP contribution in [0.2, 0.25) is 5.02 Å². The van der Waals surface area contributed by atoms with E-state index >= 15 is 0 Å². The molecule has 4 nitrogen and oxygen atoms in total. The van der Waals surface area contributed by atoms with Crippen molar-refractivity contribution in [3.63, 3.8) is 0 Å². The lowest BCUT2D eigenvalue weighted by molar-refractivity contribution is 0.0694. The van der Waals surface area contributed by atoms with Gasteiger partial charge in [-0.05, 0) is 30.2 Å². The highest BCUT2D eigenvalue weighted by Crippen LogP contribution is 2.25. The summed E-state index contributed by atoms with van der Waals surface area (Å²) in [6, 6.07) is 5.39. The van der Waals surface area contributed by atoms with Crippen LogP contribution in [-0.4, -0.2) is 15.6 Å².